The van der Waals surface area contributed by atoms with Gasteiger partial charge in [0.1, 0.15) is 4.99 Å². The minimum Gasteiger partial charge on any atom is -0.389 e. The van der Waals surface area contributed by atoms with Crippen molar-refractivity contribution in [1.29, 1.82) is 0 Å². The van der Waals surface area contributed by atoms with Gasteiger partial charge in [0.15, 0.2) is 0 Å². The van der Waals surface area contributed by atoms with E-state index in [0.717, 1.165) is 42.1 Å². The van der Waals surface area contributed by atoms with E-state index in [1.165, 1.54) is 0 Å². The molecular weight excluding hydrogens is 274 g/mol. The minimum atomic E-state index is 0.473. The first-order valence-corrected chi connectivity index (χ1v) is 8.17. The molecule has 5 heteroatoms. The Balaban J connectivity index is 2.17. The summed E-state index contributed by atoms with van der Waals surface area (Å²) in [6.45, 7) is 2.28. The van der Waals surface area contributed by atoms with Gasteiger partial charge in [0.25, 0.3) is 0 Å². The lowest BCUT2D eigenvalue weighted by Gasteiger charge is -2.31. The summed E-state index contributed by atoms with van der Waals surface area (Å²) < 4.78 is 0. The molecule has 0 radical (unpaired) electrons. The van der Waals surface area contributed by atoms with E-state index in [0.29, 0.717) is 11.0 Å². The van der Waals surface area contributed by atoms with Crippen molar-refractivity contribution in [3.8, 4) is 0 Å². The number of hydrogen-bond donors (Lipinski definition) is 2. The Morgan fingerprint density at radius 1 is 1.42 bits per heavy atom. The number of thioether (sulfide) groups is 1. The molecule has 0 aliphatic carbocycles. The quantitative estimate of drug-likeness (QED) is 0.660. The van der Waals surface area contributed by atoms with Gasteiger partial charge in [-0.2, -0.15) is 0 Å². The smallest absolute Gasteiger partial charge is 0.107 e. The molecule has 1 aliphatic heterocycles. The first kappa shape index (κ1) is 14.6. The van der Waals surface area contributed by atoms with Gasteiger partial charge < -0.3 is 16.0 Å². The van der Waals surface area contributed by atoms with Crippen molar-refractivity contribution < 1.29 is 0 Å². The van der Waals surface area contributed by atoms with Crippen LogP contribution >= 0.6 is 24.0 Å². The Morgan fingerprint density at radius 3 is 2.68 bits per heavy atom. The van der Waals surface area contributed by atoms with E-state index in [1.807, 2.05) is 0 Å². The van der Waals surface area contributed by atoms with Gasteiger partial charge in [0.05, 0.1) is 0 Å². The van der Waals surface area contributed by atoms with Crippen LogP contribution in [-0.4, -0.2) is 42.3 Å². The van der Waals surface area contributed by atoms with Crippen molar-refractivity contribution in [3.05, 3.63) is 23.8 Å². The lowest BCUT2D eigenvalue weighted by Crippen LogP contribution is -2.37. The van der Waals surface area contributed by atoms with Crippen LogP contribution in [0.3, 0.4) is 0 Å². The fourth-order valence-electron chi connectivity index (χ4n) is 2.45. The summed E-state index contributed by atoms with van der Waals surface area (Å²) in [4.78, 5) is 3.98. The molecule has 1 fully saturated rings. The molecule has 0 aromatic heterocycles. The van der Waals surface area contributed by atoms with E-state index in [4.69, 9.17) is 18.0 Å². The fourth-order valence-corrected chi connectivity index (χ4v) is 3.37. The van der Waals surface area contributed by atoms with Crippen LogP contribution in [0.25, 0.3) is 0 Å². The summed E-state index contributed by atoms with van der Waals surface area (Å²) in [7, 11) is 2.17. The van der Waals surface area contributed by atoms with Gasteiger partial charge in [-0.3, -0.25) is 0 Å². The van der Waals surface area contributed by atoms with Gasteiger partial charge in [-0.1, -0.05) is 18.3 Å². The summed E-state index contributed by atoms with van der Waals surface area (Å²) in [5, 5.41) is 3.62. The number of likely N-dealkylation sites (tertiary alicyclic amines) is 1. The Labute approximate surface area is 124 Å². The van der Waals surface area contributed by atoms with Crippen molar-refractivity contribution in [1.82, 2.24) is 4.90 Å². The molecule has 2 rings (SSSR count). The first-order valence-electron chi connectivity index (χ1n) is 6.53. The number of anilines is 1. The van der Waals surface area contributed by atoms with Crippen LogP contribution in [0, 0.1) is 0 Å². The SMILES string of the molecule is CSc1cccc(NC2CCN(C)CC2)c1C(N)=S. The number of benzene rings is 1. The van der Waals surface area contributed by atoms with Crippen LogP contribution in [0.1, 0.15) is 18.4 Å². The molecular formula is C14H21N3S2. The van der Waals surface area contributed by atoms with E-state index in [2.05, 4.69) is 41.7 Å². The van der Waals surface area contributed by atoms with Crippen LogP contribution < -0.4 is 11.1 Å². The van der Waals surface area contributed by atoms with Crippen molar-refractivity contribution in [2.24, 2.45) is 5.73 Å². The van der Waals surface area contributed by atoms with E-state index in [1.54, 1.807) is 11.8 Å². The van der Waals surface area contributed by atoms with Gasteiger partial charge in [-0.25, -0.2) is 0 Å². The Morgan fingerprint density at radius 2 is 2.11 bits per heavy atom. The normalized spacial score (nSPS) is 17.4. The van der Waals surface area contributed by atoms with E-state index < -0.39 is 0 Å². The summed E-state index contributed by atoms with van der Waals surface area (Å²) in [6.07, 6.45) is 4.38. The second kappa shape index (κ2) is 6.59. The van der Waals surface area contributed by atoms with Crippen molar-refractivity contribution in [2.45, 2.75) is 23.8 Å². The highest BCUT2D eigenvalue weighted by atomic mass is 32.2. The predicted molar refractivity (Wildman–Crippen MR) is 88.3 cm³/mol. The highest BCUT2D eigenvalue weighted by molar-refractivity contribution is 7.98. The van der Waals surface area contributed by atoms with Crippen molar-refractivity contribution >= 4 is 34.7 Å². The van der Waals surface area contributed by atoms with E-state index in [-0.39, 0.29) is 0 Å². The zero-order valence-corrected chi connectivity index (χ0v) is 13.1. The first-order chi connectivity index (χ1) is 9.11. The zero-order valence-electron chi connectivity index (χ0n) is 11.5. The maximum atomic E-state index is 5.89. The minimum absolute atomic E-state index is 0.473. The number of hydrogen-bond acceptors (Lipinski definition) is 4. The Bertz CT molecular complexity index is 454. The molecule has 104 valence electrons. The molecule has 0 saturated carbocycles. The molecule has 0 unspecified atom stereocenters. The van der Waals surface area contributed by atoms with Crippen LogP contribution in [0.4, 0.5) is 5.69 Å². The molecule has 3 nitrogen and oxygen atoms in total. The number of nitrogens with one attached hydrogen (secondary N) is 1. The largest absolute Gasteiger partial charge is 0.389 e. The van der Waals surface area contributed by atoms with Gasteiger partial charge in [-0.05, 0) is 51.4 Å². The molecule has 19 heavy (non-hydrogen) atoms. The Kier molecular flexibility index (Phi) is 5.07. The third kappa shape index (κ3) is 3.61. The molecule has 1 aromatic carbocycles. The van der Waals surface area contributed by atoms with Crippen molar-refractivity contribution in [3.63, 3.8) is 0 Å². The molecule has 0 amide bonds. The maximum absolute atomic E-state index is 5.89. The fraction of sp³-hybridized carbons (Fsp3) is 0.500. The molecule has 1 saturated heterocycles. The number of thiocarbonyl (C=S) groups is 1. The molecule has 3 N–H and O–H groups in total. The van der Waals surface area contributed by atoms with E-state index in [9.17, 15) is 0 Å². The summed E-state index contributed by atoms with van der Waals surface area (Å²) in [5.74, 6) is 0. The van der Waals surface area contributed by atoms with Crippen LogP contribution in [0.2, 0.25) is 0 Å². The lowest BCUT2D eigenvalue weighted by molar-refractivity contribution is 0.264. The average Bonchev–Trinajstić information content (AvgIpc) is 2.40. The number of nitrogens with two attached hydrogens (primary N) is 1. The average molecular weight is 295 g/mol. The molecule has 1 aliphatic rings. The Hall–Kier alpha value is -0.780. The highest BCUT2D eigenvalue weighted by Gasteiger charge is 2.18. The maximum Gasteiger partial charge on any atom is 0.107 e. The number of piperidine rings is 1. The van der Waals surface area contributed by atoms with Crippen molar-refractivity contribution in [2.75, 3.05) is 31.7 Å². The second-order valence-corrected chi connectivity index (χ2v) is 6.26. The van der Waals surface area contributed by atoms with Gasteiger partial charge >= 0.3 is 0 Å². The lowest BCUT2D eigenvalue weighted by atomic mass is 10.0. The standard InChI is InChI=1S/C14H21N3S2/c1-17-8-6-10(7-9-17)16-11-4-3-5-12(19-2)13(11)14(15)18/h3-5,10,16H,6-9H2,1-2H3,(H2,15,18). The monoisotopic (exact) mass is 295 g/mol. The van der Waals surface area contributed by atoms with Gasteiger partial charge in [0.2, 0.25) is 0 Å². The molecule has 1 heterocycles. The van der Waals surface area contributed by atoms with Crippen LogP contribution in [-0.2, 0) is 0 Å². The molecule has 0 atom stereocenters. The topological polar surface area (TPSA) is 41.3 Å². The summed E-state index contributed by atoms with van der Waals surface area (Å²) in [6, 6.07) is 6.72. The van der Waals surface area contributed by atoms with Gasteiger partial charge in [-0.15, -0.1) is 11.8 Å². The zero-order chi connectivity index (χ0) is 13.8. The third-order valence-corrected chi connectivity index (χ3v) is 4.55. The molecule has 1 aromatic rings. The van der Waals surface area contributed by atoms with Crippen LogP contribution in [0.5, 0.6) is 0 Å². The molecule has 0 bridgehead atoms. The molecule has 0 spiro atoms. The van der Waals surface area contributed by atoms with Gasteiger partial charge in [0, 0.05) is 22.2 Å². The number of nitrogens with zero attached hydrogens (tertiary/aromatic N) is 1. The highest BCUT2D eigenvalue weighted by Crippen LogP contribution is 2.28. The third-order valence-electron chi connectivity index (χ3n) is 3.57. The second-order valence-electron chi connectivity index (χ2n) is 4.97. The number of rotatable bonds is 4. The van der Waals surface area contributed by atoms with Crippen LogP contribution in [0.15, 0.2) is 23.1 Å². The summed E-state index contributed by atoms with van der Waals surface area (Å²) in [5.41, 5.74) is 7.96. The van der Waals surface area contributed by atoms with E-state index >= 15 is 0 Å². The predicted octanol–water partition coefficient (Wildman–Crippen LogP) is 2.55. The summed E-state index contributed by atoms with van der Waals surface area (Å²) >= 11 is 6.89.